The van der Waals surface area contributed by atoms with Crippen molar-refractivity contribution >= 4 is 17.4 Å². The van der Waals surface area contributed by atoms with Gasteiger partial charge in [0.25, 0.3) is 0 Å². The third-order valence-electron chi connectivity index (χ3n) is 8.73. The molecule has 1 aliphatic carbocycles. The fraction of sp³-hybridized carbons (Fsp3) is 0.667. The molecule has 3 heterocycles. The number of hydrogen-bond acceptors (Lipinski definition) is 4. The van der Waals surface area contributed by atoms with Crippen LogP contribution in [0.3, 0.4) is 0 Å². The molecule has 0 unspecified atom stereocenters. The maximum absolute atomic E-state index is 14.0. The first-order valence-corrected chi connectivity index (χ1v) is 12.8. The molecule has 0 radical (unpaired) electrons. The van der Waals surface area contributed by atoms with Gasteiger partial charge in [-0.1, -0.05) is 32.0 Å². The molecular formula is C27H37N5O. The molecule has 3 aliphatic heterocycles. The van der Waals surface area contributed by atoms with Crippen LogP contribution in [0.5, 0.6) is 0 Å². The number of piperidine rings is 1. The first kappa shape index (κ1) is 22.4. The van der Waals surface area contributed by atoms with E-state index >= 15 is 0 Å². The van der Waals surface area contributed by atoms with E-state index in [2.05, 4.69) is 40.0 Å². The first-order valence-electron chi connectivity index (χ1n) is 12.8. The second-order valence-corrected chi connectivity index (χ2v) is 10.8. The molecule has 1 spiro atoms. The summed E-state index contributed by atoms with van der Waals surface area (Å²) in [6.45, 7) is 16.9. The Morgan fingerprint density at radius 2 is 1.97 bits per heavy atom. The largest absolute Gasteiger partial charge is 0.370 e. The zero-order chi connectivity index (χ0) is 23.0. The number of likely N-dealkylation sites (tertiary alicyclic amines) is 1. The van der Waals surface area contributed by atoms with Gasteiger partial charge in [0.15, 0.2) is 5.69 Å². The number of benzene rings is 1. The molecule has 176 valence electrons. The van der Waals surface area contributed by atoms with Crippen LogP contribution in [0.2, 0.25) is 0 Å². The molecule has 1 saturated carbocycles. The lowest BCUT2D eigenvalue weighted by molar-refractivity contribution is -0.141. The highest BCUT2D eigenvalue weighted by Gasteiger charge is 2.49. The Kier molecular flexibility index (Phi) is 6.18. The first-order chi connectivity index (χ1) is 16.0. The molecule has 6 heteroatoms. The van der Waals surface area contributed by atoms with Crippen LogP contribution < -0.4 is 5.32 Å². The Bertz CT molecular complexity index is 961. The van der Waals surface area contributed by atoms with Gasteiger partial charge in [-0.3, -0.25) is 9.79 Å². The van der Waals surface area contributed by atoms with E-state index < -0.39 is 5.41 Å². The van der Waals surface area contributed by atoms with Gasteiger partial charge in [-0.15, -0.1) is 0 Å². The number of nitrogens with one attached hydrogen (secondary N) is 1. The molecule has 33 heavy (non-hydrogen) atoms. The van der Waals surface area contributed by atoms with Crippen LogP contribution in [0.15, 0.2) is 23.2 Å². The standard InChI is InChI=1S/C27H37N5O/c1-19(2)20-4-7-23(8-5-20)31-14-10-27(11-15-31)24-9-6-22(28-3)16-21(24)17-32(26(27)33)18-25-29-12-13-30-25/h6,9,16,19-20,23H,4-5,7-8,10-15,17-18H2,1-2H3,(H,29,30). The highest BCUT2D eigenvalue weighted by Crippen LogP contribution is 2.45. The molecular weight excluding hydrogens is 410 g/mol. The Balaban J connectivity index is 1.36. The highest BCUT2D eigenvalue weighted by molar-refractivity contribution is 5.95. The minimum Gasteiger partial charge on any atom is -0.370 e. The van der Waals surface area contributed by atoms with Gasteiger partial charge >= 0.3 is 0 Å². The number of hydrogen-bond donors (Lipinski definition) is 1. The van der Waals surface area contributed by atoms with Crippen molar-refractivity contribution in [2.45, 2.75) is 70.4 Å². The smallest absolute Gasteiger partial charge is 0.234 e. The molecule has 1 aromatic carbocycles. The normalized spacial score (nSPS) is 27.3. The summed E-state index contributed by atoms with van der Waals surface area (Å²) in [4.78, 5) is 26.8. The van der Waals surface area contributed by atoms with Crippen LogP contribution in [0.25, 0.3) is 4.85 Å². The number of nitrogens with zero attached hydrogens (tertiary/aromatic N) is 4. The molecule has 4 aliphatic rings. The average molecular weight is 448 g/mol. The van der Waals surface area contributed by atoms with Crippen LogP contribution in [-0.2, 0) is 16.8 Å². The molecule has 6 nitrogen and oxygen atoms in total. The van der Waals surface area contributed by atoms with Gasteiger partial charge in [0, 0.05) is 19.1 Å². The van der Waals surface area contributed by atoms with Crippen molar-refractivity contribution in [3.8, 4) is 0 Å². The van der Waals surface area contributed by atoms with Crippen molar-refractivity contribution in [2.75, 3.05) is 32.7 Å². The number of rotatable bonds is 4. The number of amides is 1. The van der Waals surface area contributed by atoms with Crippen molar-refractivity contribution in [1.29, 1.82) is 0 Å². The summed E-state index contributed by atoms with van der Waals surface area (Å²) in [5.41, 5.74) is 2.51. The lowest BCUT2D eigenvalue weighted by atomic mass is 9.67. The molecule has 0 bridgehead atoms. The quantitative estimate of drug-likeness (QED) is 0.706. The van der Waals surface area contributed by atoms with Gasteiger partial charge in [-0.2, -0.15) is 0 Å². The van der Waals surface area contributed by atoms with E-state index in [1.807, 2.05) is 17.0 Å². The zero-order valence-corrected chi connectivity index (χ0v) is 20.1. The Morgan fingerprint density at radius 3 is 2.61 bits per heavy atom. The second-order valence-electron chi connectivity index (χ2n) is 10.8. The highest BCUT2D eigenvalue weighted by atomic mass is 16.2. The van der Waals surface area contributed by atoms with Gasteiger partial charge < -0.3 is 15.1 Å². The topological polar surface area (TPSA) is 52.3 Å². The van der Waals surface area contributed by atoms with Crippen molar-refractivity contribution in [1.82, 2.24) is 15.1 Å². The molecule has 2 fully saturated rings. The third kappa shape index (κ3) is 4.17. The summed E-state index contributed by atoms with van der Waals surface area (Å²) < 4.78 is 0. The molecule has 1 saturated heterocycles. The van der Waals surface area contributed by atoms with Gasteiger partial charge in [0.2, 0.25) is 5.91 Å². The van der Waals surface area contributed by atoms with Gasteiger partial charge in [-0.05, 0) is 74.6 Å². The fourth-order valence-corrected chi connectivity index (χ4v) is 6.69. The van der Waals surface area contributed by atoms with Gasteiger partial charge in [-0.25, -0.2) is 4.85 Å². The summed E-state index contributed by atoms with van der Waals surface area (Å²) in [5, 5.41) is 3.32. The Labute approximate surface area is 198 Å². The second kappa shape index (κ2) is 9.10. The number of carbonyl (C=O) groups excluding carboxylic acids is 1. The Morgan fingerprint density at radius 1 is 1.21 bits per heavy atom. The zero-order valence-electron chi connectivity index (χ0n) is 20.1. The molecule has 1 N–H and O–H groups in total. The molecule has 0 atom stereocenters. The minimum atomic E-state index is -0.459. The number of fused-ring (bicyclic) bond motifs is 2. The Hall–Kier alpha value is -2.39. The molecule has 1 aromatic rings. The van der Waals surface area contributed by atoms with Crippen molar-refractivity contribution in [3.05, 3.63) is 40.7 Å². The van der Waals surface area contributed by atoms with Crippen molar-refractivity contribution in [2.24, 2.45) is 16.8 Å². The van der Waals surface area contributed by atoms with Gasteiger partial charge in [0.05, 0.1) is 25.1 Å². The molecule has 0 aromatic heterocycles. The lowest BCUT2D eigenvalue weighted by Gasteiger charge is -2.49. The van der Waals surface area contributed by atoms with E-state index in [9.17, 15) is 4.79 Å². The summed E-state index contributed by atoms with van der Waals surface area (Å²) in [7, 11) is 0. The van der Waals surface area contributed by atoms with E-state index in [4.69, 9.17) is 6.57 Å². The van der Waals surface area contributed by atoms with E-state index in [0.717, 1.165) is 62.3 Å². The fourth-order valence-electron chi connectivity index (χ4n) is 6.69. The lowest BCUT2D eigenvalue weighted by Crippen LogP contribution is -2.58. The third-order valence-corrected chi connectivity index (χ3v) is 8.73. The average Bonchev–Trinajstić information content (AvgIpc) is 3.36. The monoisotopic (exact) mass is 447 g/mol. The van der Waals surface area contributed by atoms with Gasteiger partial charge in [0.1, 0.15) is 5.84 Å². The molecule has 1 amide bonds. The molecule has 5 rings (SSSR count). The van der Waals surface area contributed by atoms with E-state index in [0.29, 0.717) is 24.8 Å². The number of carbonyl (C=O) groups is 1. The SMILES string of the molecule is [C-]#[N+]c1ccc2c(c1)CN(CC1=NCCN1)C(=O)C21CCN(C2CCC(C(C)C)CC2)CC1. The van der Waals surface area contributed by atoms with Crippen molar-refractivity contribution < 1.29 is 4.79 Å². The minimum absolute atomic E-state index is 0.255. The van der Waals surface area contributed by atoms with Crippen LogP contribution in [0.4, 0.5) is 5.69 Å². The van der Waals surface area contributed by atoms with E-state index in [1.54, 1.807) is 0 Å². The summed E-state index contributed by atoms with van der Waals surface area (Å²) >= 11 is 0. The number of amidine groups is 1. The van der Waals surface area contributed by atoms with Crippen molar-refractivity contribution in [3.63, 3.8) is 0 Å². The summed E-state index contributed by atoms with van der Waals surface area (Å²) in [5.74, 6) is 2.84. The van der Waals surface area contributed by atoms with Crippen LogP contribution in [-0.4, -0.2) is 60.3 Å². The predicted molar refractivity (Wildman–Crippen MR) is 131 cm³/mol. The summed E-state index contributed by atoms with van der Waals surface area (Å²) in [6, 6.07) is 6.66. The van der Waals surface area contributed by atoms with Crippen LogP contribution >= 0.6 is 0 Å². The van der Waals surface area contributed by atoms with E-state index in [-0.39, 0.29) is 5.91 Å². The maximum Gasteiger partial charge on any atom is 0.234 e. The number of aliphatic imine (C=N–C) groups is 1. The van der Waals surface area contributed by atoms with Crippen LogP contribution in [0, 0.1) is 18.4 Å². The predicted octanol–water partition coefficient (Wildman–Crippen LogP) is 4.13. The maximum atomic E-state index is 14.0. The van der Waals surface area contributed by atoms with Crippen LogP contribution in [0.1, 0.15) is 63.5 Å². The van der Waals surface area contributed by atoms with E-state index in [1.165, 1.54) is 31.2 Å². The summed E-state index contributed by atoms with van der Waals surface area (Å²) in [6.07, 6.45) is 7.02.